The molecule has 4 nitrogen and oxygen atoms in total. The highest BCUT2D eigenvalue weighted by Gasteiger charge is 2.41. The van der Waals surface area contributed by atoms with Gasteiger partial charge in [0, 0.05) is 34.8 Å². The van der Waals surface area contributed by atoms with Crippen LogP contribution in [0.3, 0.4) is 0 Å². The lowest BCUT2D eigenvalue weighted by Crippen LogP contribution is -2.33. The minimum atomic E-state index is 0.00172. The van der Waals surface area contributed by atoms with Crippen LogP contribution in [-0.2, 0) is 0 Å². The molecule has 0 unspecified atom stereocenters. The smallest absolute Gasteiger partial charge is 0.170 e. The Morgan fingerprint density at radius 2 is 1.90 bits per heavy atom. The first-order valence-electron chi connectivity index (χ1n) is 10.7. The Balaban J connectivity index is 1.86. The zero-order valence-electron chi connectivity index (χ0n) is 18.7. The van der Waals surface area contributed by atoms with E-state index in [9.17, 15) is 0 Å². The normalized spacial score (nSPS) is 18.7. The first kappa shape index (κ1) is 21.8. The van der Waals surface area contributed by atoms with Crippen molar-refractivity contribution in [1.82, 2.24) is 19.8 Å². The van der Waals surface area contributed by atoms with Crippen molar-refractivity contribution < 1.29 is 0 Å². The third kappa shape index (κ3) is 4.09. The van der Waals surface area contributed by atoms with Gasteiger partial charge in [-0.05, 0) is 80.4 Å². The summed E-state index contributed by atoms with van der Waals surface area (Å²) in [6.07, 6.45) is 1.85. The van der Waals surface area contributed by atoms with Crippen LogP contribution in [0.1, 0.15) is 54.1 Å². The number of pyridine rings is 1. The zero-order chi connectivity index (χ0) is 22.3. The van der Waals surface area contributed by atoms with E-state index in [1.807, 2.05) is 30.5 Å². The van der Waals surface area contributed by atoms with E-state index in [4.69, 9.17) is 23.8 Å². The molecule has 0 saturated carbocycles. The molecule has 0 aliphatic carbocycles. The molecule has 3 heterocycles. The van der Waals surface area contributed by atoms with Crippen LogP contribution in [0.25, 0.3) is 5.69 Å². The summed E-state index contributed by atoms with van der Waals surface area (Å²) < 4.78 is 2.31. The second-order valence-electron chi connectivity index (χ2n) is 8.77. The molecule has 2 aromatic heterocycles. The number of hydrogen-bond donors (Lipinski definition) is 1. The van der Waals surface area contributed by atoms with Crippen LogP contribution in [0.2, 0.25) is 5.02 Å². The fraction of sp³-hybridized carbons (Fsp3) is 0.360. The minimum Gasteiger partial charge on any atom is -0.352 e. The molecular weight excluding hydrogens is 424 g/mol. The quantitative estimate of drug-likeness (QED) is 0.475. The Morgan fingerprint density at radius 3 is 2.58 bits per heavy atom. The van der Waals surface area contributed by atoms with Gasteiger partial charge in [0.15, 0.2) is 5.11 Å². The van der Waals surface area contributed by atoms with Gasteiger partial charge in [0.1, 0.15) is 0 Å². The molecule has 4 rings (SSSR count). The summed E-state index contributed by atoms with van der Waals surface area (Å²) in [6, 6.07) is 14.5. The van der Waals surface area contributed by atoms with Crippen LogP contribution in [0.4, 0.5) is 0 Å². The Morgan fingerprint density at radius 1 is 1.13 bits per heavy atom. The third-order valence-electron chi connectivity index (χ3n) is 5.96. The molecule has 1 aliphatic heterocycles. The van der Waals surface area contributed by atoms with Crippen LogP contribution in [0, 0.1) is 26.7 Å². The summed E-state index contributed by atoms with van der Waals surface area (Å²) in [7, 11) is 0. The van der Waals surface area contributed by atoms with Crippen LogP contribution in [0.15, 0.2) is 48.7 Å². The molecule has 1 aromatic carbocycles. The van der Waals surface area contributed by atoms with E-state index in [0.29, 0.717) is 5.92 Å². The second kappa shape index (κ2) is 8.64. The lowest BCUT2D eigenvalue weighted by molar-refractivity contribution is 0.287. The molecule has 0 radical (unpaired) electrons. The zero-order valence-corrected chi connectivity index (χ0v) is 20.3. The Labute approximate surface area is 195 Å². The minimum absolute atomic E-state index is 0.00172. The molecule has 31 heavy (non-hydrogen) atoms. The molecular formula is C25H29ClN4S. The third-order valence-corrected chi connectivity index (χ3v) is 6.55. The molecule has 1 saturated heterocycles. The molecule has 3 aromatic rings. The first-order chi connectivity index (χ1) is 14.8. The lowest BCUT2D eigenvalue weighted by Gasteiger charge is -2.29. The highest BCUT2D eigenvalue weighted by Crippen LogP contribution is 2.42. The Kier molecular flexibility index (Phi) is 6.09. The number of hydrogen-bond acceptors (Lipinski definition) is 2. The van der Waals surface area contributed by atoms with E-state index in [1.165, 1.54) is 22.5 Å². The summed E-state index contributed by atoms with van der Waals surface area (Å²) >= 11 is 12.1. The molecule has 1 N–H and O–H groups in total. The van der Waals surface area contributed by atoms with Crippen LogP contribution < -0.4 is 5.32 Å². The Bertz CT molecular complexity index is 1110. The van der Waals surface area contributed by atoms with Gasteiger partial charge in [-0.25, -0.2) is 0 Å². The van der Waals surface area contributed by atoms with Gasteiger partial charge in [-0.3, -0.25) is 4.98 Å². The van der Waals surface area contributed by atoms with E-state index in [-0.39, 0.29) is 12.1 Å². The van der Waals surface area contributed by atoms with Crippen LogP contribution in [0.5, 0.6) is 0 Å². The number of aryl methyl sites for hydroxylation is 2. The maximum absolute atomic E-state index is 6.35. The van der Waals surface area contributed by atoms with E-state index in [1.54, 1.807) is 0 Å². The van der Waals surface area contributed by atoms with Gasteiger partial charge in [0.25, 0.3) is 0 Å². The topological polar surface area (TPSA) is 33.1 Å². The van der Waals surface area contributed by atoms with Gasteiger partial charge in [0.2, 0.25) is 0 Å². The van der Waals surface area contributed by atoms with Crippen molar-refractivity contribution in [1.29, 1.82) is 0 Å². The summed E-state index contributed by atoms with van der Waals surface area (Å²) in [5.41, 5.74) is 6.96. The van der Waals surface area contributed by atoms with Crippen molar-refractivity contribution in [3.63, 3.8) is 0 Å². The molecule has 6 heteroatoms. The average molecular weight is 453 g/mol. The lowest BCUT2D eigenvalue weighted by atomic mass is 9.96. The van der Waals surface area contributed by atoms with Crippen molar-refractivity contribution in [3.8, 4) is 5.69 Å². The van der Waals surface area contributed by atoms with E-state index in [2.05, 4.69) is 72.6 Å². The Hall–Kier alpha value is -2.37. The largest absolute Gasteiger partial charge is 0.352 e. The molecule has 0 amide bonds. The average Bonchev–Trinajstić information content (AvgIpc) is 3.20. The van der Waals surface area contributed by atoms with E-state index < -0.39 is 0 Å². The number of halogens is 1. The summed E-state index contributed by atoms with van der Waals surface area (Å²) in [5.74, 6) is 0.489. The highest BCUT2D eigenvalue weighted by molar-refractivity contribution is 7.80. The predicted molar refractivity (Wildman–Crippen MR) is 132 cm³/mol. The van der Waals surface area contributed by atoms with Gasteiger partial charge in [0.05, 0.1) is 17.8 Å². The van der Waals surface area contributed by atoms with Gasteiger partial charge < -0.3 is 14.8 Å². The monoisotopic (exact) mass is 452 g/mol. The summed E-state index contributed by atoms with van der Waals surface area (Å²) in [6.45, 7) is 11.8. The van der Waals surface area contributed by atoms with Crippen molar-refractivity contribution in [2.75, 3.05) is 6.54 Å². The van der Waals surface area contributed by atoms with Gasteiger partial charge in [-0.2, -0.15) is 0 Å². The van der Waals surface area contributed by atoms with Crippen molar-refractivity contribution >= 4 is 28.9 Å². The fourth-order valence-electron chi connectivity index (χ4n) is 4.62. The van der Waals surface area contributed by atoms with Gasteiger partial charge >= 0.3 is 0 Å². The second-order valence-corrected chi connectivity index (χ2v) is 9.59. The van der Waals surface area contributed by atoms with E-state index in [0.717, 1.165) is 28.1 Å². The molecule has 2 atom stereocenters. The molecule has 1 aliphatic rings. The maximum Gasteiger partial charge on any atom is 0.170 e. The van der Waals surface area contributed by atoms with Crippen molar-refractivity contribution in [2.24, 2.45) is 5.92 Å². The fourth-order valence-corrected chi connectivity index (χ4v) is 5.10. The highest BCUT2D eigenvalue weighted by atomic mass is 35.5. The molecule has 162 valence electrons. The van der Waals surface area contributed by atoms with Crippen LogP contribution >= 0.6 is 23.8 Å². The maximum atomic E-state index is 6.35. The standard InChI is InChI=1S/C25H29ClN4S/c1-15(2)14-29-24(23(28-25(29)31)21-8-6-7-11-27-21)20-12-17(4)30(18(20)5)22-13-19(26)10-9-16(22)3/h6-13,15,23-24H,14H2,1-5H3,(H,28,31)/t23-,24-/m0/s1. The number of thiocarbonyl (C=S) groups is 1. The number of rotatable bonds is 5. The van der Waals surface area contributed by atoms with Crippen LogP contribution in [-0.4, -0.2) is 26.1 Å². The van der Waals surface area contributed by atoms with Crippen molar-refractivity contribution in [3.05, 3.63) is 81.9 Å². The molecule has 1 fully saturated rings. The SMILES string of the molecule is Cc1ccc(Cl)cc1-n1c(C)cc([C@H]2[C@H](c3ccccn3)NC(=S)N2CC(C)C)c1C. The molecule has 0 spiro atoms. The summed E-state index contributed by atoms with van der Waals surface area (Å²) in [4.78, 5) is 6.98. The van der Waals surface area contributed by atoms with Crippen molar-refractivity contribution in [2.45, 2.75) is 46.7 Å². The van der Waals surface area contributed by atoms with E-state index >= 15 is 0 Å². The number of nitrogens with one attached hydrogen (secondary N) is 1. The molecule has 0 bridgehead atoms. The number of nitrogens with zero attached hydrogens (tertiary/aromatic N) is 3. The number of aromatic nitrogens is 2. The summed E-state index contributed by atoms with van der Waals surface area (Å²) in [5, 5.41) is 5.09. The first-order valence-corrected chi connectivity index (χ1v) is 11.5. The predicted octanol–water partition coefficient (Wildman–Crippen LogP) is 6.08. The number of benzene rings is 1. The van der Waals surface area contributed by atoms with Gasteiger partial charge in [-0.15, -0.1) is 0 Å². The van der Waals surface area contributed by atoms with Gasteiger partial charge in [-0.1, -0.05) is 37.6 Å².